The normalized spacial score (nSPS) is 23.5. The summed E-state index contributed by atoms with van der Waals surface area (Å²) in [6.45, 7) is 5.15. The lowest BCUT2D eigenvalue weighted by Gasteiger charge is -2.37. The summed E-state index contributed by atoms with van der Waals surface area (Å²) in [5.74, 6) is 0.314. The number of benzene rings is 1. The van der Waals surface area contributed by atoms with E-state index < -0.39 is 16.1 Å². The maximum atomic E-state index is 13.6. The Balaban J connectivity index is 1.69. The quantitative estimate of drug-likeness (QED) is 0.646. The molecule has 0 saturated carbocycles. The van der Waals surface area contributed by atoms with Gasteiger partial charge in [0.05, 0.1) is 6.61 Å². The lowest BCUT2D eigenvalue weighted by molar-refractivity contribution is 0.0733. The van der Waals surface area contributed by atoms with E-state index in [1.54, 1.807) is 19.2 Å². The van der Waals surface area contributed by atoms with E-state index in [1.165, 1.54) is 9.88 Å². The third-order valence-electron chi connectivity index (χ3n) is 6.75. The highest BCUT2D eigenvalue weighted by Crippen LogP contribution is 2.37. The van der Waals surface area contributed by atoms with Crippen LogP contribution in [0.2, 0.25) is 0 Å². The van der Waals surface area contributed by atoms with Crippen molar-refractivity contribution in [1.82, 2.24) is 14.2 Å². The van der Waals surface area contributed by atoms with Crippen LogP contribution in [0.5, 0.6) is 5.75 Å². The highest BCUT2D eigenvalue weighted by Gasteiger charge is 2.38. The number of aliphatic hydroxyl groups is 1. The van der Waals surface area contributed by atoms with Crippen molar-refractivity contribution in [2.24, 2.45) is 5.92 Å². The molecule has 0 amide bonds. The van der Waals surface area contributed by atoms with Crippen LogP contribution < -0.4 is 4.74 Å². The van der Waals surface area contributed by atoms with Crippen LogP contribution in [-0.4, -0.2) is 66.6 Å². The Morgan fingerprint density at radius 3 is 2.82 bits per heavy atom. The molecular weight excluding hydrogens is 450 g/mol. The molecule has 0 fully saturated rings. The fourth-order valence-electron chi connectivity index (χ4n) is 4.75. The van der Waals surface area contributed by atoms with E-state index in [1.807, 2.05) is 44.4 Å². The van der Waals surface area contributed by atoms with Crippen molar-refractivity contribution in [3.63, 3.8) is 0 Å². The summed E-state index contributed by atoms with van der Waals surface area (Å²) in [5.41, 5.74) is 3.37. The van der Waals surface area contributed by atoms with E-state index >= 15 is 0 Å². The van der Waals surface area contributed by atoms with Crippen LogP contribution in [0.25, 0.3) is 5.57 Å². The van der Waals surface area contributed by atoms with Crippen molar-refractivity contribution in [2.45, 2.75) is 56.7 Å². The van der Waals surface area contributed by atoms with E-state index in [9.17, 15) is 13.5 Å². The van der Waals surface area contributed by atoms with Crippen LogP contribution in [0, 0.1) is 5.92 Å². The number of aromatic nitrogens is 1. The summed E-state index contributed by atoms with van der Waals surface area (Å²) in [4.78, 5) is 6.54. The minimum Gasteiger partial charge on any atom is -0.487 e. The van der Waals surface area contributed by atoms with Gasteiger partial charge in [-0.25, -0.2) is 8.42 Å². The van der Waals surface area contributed by atoms with Crippen molar-refractivity contribution in [2.75, 3.05) is 26.7 Å². The van der Waals surface area contributed by atoms with Crippen molar-refractivity contribution < 1.29 is 18.3 Å². The first-order valence-electron chi connectivity index (χ1n) is 12.0. The molecule has 2 aliphatic rings. The number of likely N-dealkylation sites (N-methyl/N-ethyl adjacent to an activating group) is 1. The Hall–Kier alpha value is -2.26. The van der Waals surface area contributed by atoms with Crippen LogP contribution in [0.4, 0.5) is 0 Å². The summed E-state index contributed by atoms with van der Waals surface area (Å²) in [5, 5.41) is 9.82. The minimum absolute atomic E-state index is 0.0809. The third-order valence-corrected chi connectivity index (χ3v) is 8.77. The van der Waals surface area contributed by atoms with Crippen LogP contribution in [-0.2, 0) is 16.6 Å². The van der Waals surface area contributed by atoms with Crippen LogP contribution >= 0.6 is 0 Å². The second-order valence-corrected chi connectivity index (χ2v) is 11.4. The van der Waals surface area contributed by atoms with Gasteiger partial charge in [-0.2, -0.15) is 4.31 Å². The predicted octanol–water partition coefficient (Wildman–Crippen LogP) is 3.55. The van der Waals surface area contributed by atoms with Gasteiger partial charge < -0.3 is 9.84 Å². The van der Waals surface area contributed by atoms with Gasteiger partial charge in [0.1, 0.15) is 16.7 Å². The van der Waals surface area contributed by atoms with Gasteiger partial charge in [-0.15, -0.1) is 0 Å². The van der Waals surface area contributed by atoms with Crippen molar-refractivity contribution in [3.8, 4) is 5.75 Å². The Morgan fingerprint density at radius 2 is 2.15 bits per heavy atom. The molecule has 0 spiro atoms. The first-order chi connectivity index (χ1) is 16.3. The molecule has 3 atom stereocenters. The number of hydrogen-bond donors (Lipinski definition) is 1. The Bertz CT molecular complexity index is 1120. The molecular formula is C26H35N3O4S. The Kier molecular flexibility index (Phi) is 7.72. The summed E-state index contributed by atoms with van der Waals surface area (Å²) in [7, 11) is -1.79. The van der Waals surface area contributed by atoms with Crippen molar-refractivity contribution in [3.05, 3.63) is 59.9 Å². The standard InChI is InChI=1S/C26H35N3O4S/c1-19-15-29(20(2)18-30)34(31,32)26-11-10-23(22-8-4-5-9-22)13-24(26)33-25(19)17-28(3)16-21-7-6-12-27-14-21/h6-8,10-14,19-20,25,30H,4-5,9,15-18H2,1-3H3/t19-,20+,25-/m0/s1. The monoisotopic (exact) mass is 485 g/mol. The second-order valence-electron chi connectivity index (χ2n) is 9.58. The highest BCUT2D eigenvalue weighted by atomic mass is 32.2. The number of pyridine rings is 1. The van der Waals surface area contributed by atoms with Gasteiger partial charge in [-0.1, -0.05) is 25.1 Å². The molecule has 8 heteroatoms. The molecule has 1 aromatic carbocycles. The number of nitrogens with zero attached hydrogens (tertiary/aromatic N) is 3. The molecule has 184 valence electrons. The third kappa shape index (κ3) is 5.35. The molecule has 2 heterocycles. The second kappa shape index (κ2) is 10.6. The Morgan fingerprint density at radius 1 is 1.32 bits per heavy atom. The fraction of sp³-hybridized carbons (Fsp3) is 0.500. The molecule has 2 aromatic rings. The number of rotatable bonds is 7. The average molecular weight is 486 g/mol. The number of hydrogen-bond acceptors (Lipinski definition) is 6. The number of aliphatic hydroxyl groups excluding tert-OH is 1. The summed E-state index contributed by atoms with van der Waals surface area (Å²) in [6.07, 6.45) is 8.77. The van der Waals surface area contributed by atoms with E-state index in [2.05, 4.69) is 16.0 Å². The number of sulfonamides is 1. The molecule has 1 aliphatic carbocycles. The van der Waals surface area contributed by atoms with E-state index in [-0.39, 0.29) is 30.1 Å². The van der Waals surface area contributed by atoms with Gasteiger partial charge in [0.15, 0.2) is 0 Å². The average Bonchev–Trinajstić information content (AvgIpc) is 3.36. The topological polar surface area (TPSA) is 83.0 Å². The van der Waals surface area contributed by atoms with Gasteiger partial charge in [0.25, 0.3) is 0 Å². The first kappa shape index (κ1) is 24.9. The Labute approximate surface area is 203 Å². The lowest BCUT2D eigenvalue weighted by Crippen LogP contribution is -2.49. The lowest BCUT2D eigenvalue weighted by atomic mass is 10.0. The number of ether oxygens (including phenoxy) is 1. The van der Waals surface area contributed by atoms with E-state index in [0.717, 1.165) is 36.9 Å². The number of allylic oxidation sites excluding steroid dienone is 2. The molecule has 7 nitrogen and oxygen atoms in total. The van der Waals surface area contributed by atoms with Gasteiger partial charge in [0, 0.05) is 44.0 Å². The van der Waals surface area contributed by atoms with Crippen LogP contribution in [0.15, 0.2) is 53.7 Å². The smallest absolute Gasteiger partial charge is 0.247 e. The largest absolute Gasteiger partial charge is 0.487 e. The molecule has 34 heavy (non-hydrogen) atoms. The predicted molar refractivity (Wildman–Crippen MR) is 133 cm³/mol. The summed E-state index contributed by atoms with van der Waals surface area (Å²) < 4.78 is 35.2. The molecule has 0 saturated heterocycles. The van der Waals surface area contributed by atoms with E-state index in [0.29, 0.717) is 12.3 Å². The summed E-state index contributed by atoms with van der Waals surface area (Å²) >= 11 is 0. The van der Waals surface area contributed by atoms with Gasteiger partial charge >= 0.3 is 0 Å². The van der Waals surface area contributed by atoms with Crippen LogP contribution in [0.1, 0.15) is 44.2 Å². The van der Waals surface area contributed by atoms with Gasteiger partial charge in [-0.3, -0.25) is 9.88 Å². The highest BCUT2D eigenvalue weighted by molar-refractivity contribution is 7.89. The SMILES string of the molecule is C[C@H](CO)N1C[C@H](C)[C@H](CN(C)Cc2cccnc2)Oc2cc(C3=CCCC3)ccc2S1(=O)=O. The maximum Gasteiger partial charge on any atom is 0.247 e. The van der Waals surface area contributed by atoms with Crippen LogP contribution in [0.3, 0.4) is 0 Å². The molecule has 0 unspecified atom stereocenters. The van der Waals surface area contributed by atoms with E-state index in [4.69, 9.17) is 4.74 Å². The van der Waals surface area contributed by atoms with Gasteiger partial charge in [0.2, 0.25) is 10.0 Å². The molecule has 0 radical (unpaired) electrons. The van der Waals surface area contributed by atoms with Crippen molar-refractivity contribution >= 4 is 15.6 Å². The van der Waals surface area contributed by atoms with Gasteiger partial charge in [-0.05, 0) is 68.1 Å². The molecule has 4 rings (SSSR count). The molecule has 1 N–H and O–H groups in total. The molecule has 1 aromatic heterocycles. The first-order valence-corrected chi connectivity index (χ1v) is 13.4. The van der Waals surface area contributed by atoms with Crippen molar-refractivity contribution in [1.29, 1.82) is 0 Å². The fourth-order valence-corrected chi connectivity index (χ4v) is 6.58. The minimum atomic E-state index is -3.82. The zero-order valence-electron chi connectivity index (χ0n) is 20.2. The zero-order valence-corrected chi connectivity index (χ0v) is 21.0. The number of fused-ring (bicyclic) bond motifs is 1. The molecule has 0 bridgehead atoms. The molecule has 1 aliphatic heterocycles. The summed E-state index contributed by atoms with van der Waals surface area (Å²) in [6, 6.07) is 8.88. The maximum absolute atomic E-state index is 13.6. The zero-order chi connectivity index (χ0) is 24.3.